The van der Waals surface area contributed by atoms with E-state index < -0.39 is 11.7 Å². The largest absolute Gasteiger partial charge is 0.462 e. The smallest absolute Gasteiger partial charge is 0.346 e. The van der Waals surface area contributed by atoms with Crippen LogP contribution in [0.2, 0.25) is 0 Å². The van der Waals surface area contributed by atoms with E-state index in [1.165, 1.54) is 11.8 Å². The molecule has 1 rings (SSSR count). The fourth-order valence-corrected chi connectivity index (χ4v) is 2.05. The van der Waals surface area contributed by atoms with Gasteiger partial charge in [0.15, 0.2) is 0 Å². The third kappa shape index (κ3) is 3.45. The number of aromatic nitrogens is 2. The molecule has 0 unspecified atom stereocenters. The van der Waals surface area contributed by atoms with Crippen LogP contribution in [0, 0.1) is 6.92 Å². The molecule has 0 fully saturated rings. The molecule has 0 bridgehead atoms. The predicted octanol–water partition coefficient (Wildman–Crippen LogP) is 1.53. The first-order valence-corrected chi connectivity index (χ1v) is 6.10. The second kappa shape index (κ2) is 6.24. The molecule has 1 heterocycles. The number of nitrogens with zero attached hydrogens (tertiary/aromatic N) is 1. The molecular formula is C11H14N2O3S. The summed E-state index contributed by atoms with van der Waals surface area (Å²) in [6.07, 6.45) is 1.68. The highest BCUT2D eigenvalue weighted by molar-refractivity contribution is 7.99. The van der Waals surface area contributed by atoms with Crippen molar-refractivity contribution in [3.05, 3.63) is 34.4 Å². The van der Waals surface area contributed by atoms with Crippen molar-refractivity contribution in [2.45, 2.75) is 18.9 Å². The molecule has 0 atom stereocenters. The highest BCUT2D eigenvalue weighted by Crippen LogP contribution is 2.21. The van der Waals surface area contributed by atoms with Crippen LogP contribution in [0.4, 0.5) is 0 Å². The minimum Gasteiger partial charge on any atom is -0.462 e. The maximum Gasteiger partial charge on any atom is 0.346 e. The second-order valence-electron chi connectivity index (χ2n) is 3.17. The highest BCUT2D eigenvalue weighted by atomic mass is 32.2. The Balaban J connectivity index is 3.19. The number of aryl methyl sites for hydroxylation is 1. The van der Waals surface area contributed by atoms with E-state index >= 15 is 0 Å². The Kier molecular flexibility index (Phi) is 4.96. The first-order chi connectivity index (χ1) is 8.10. The number of aromatic amines is 1. The highest BCUT2D eigenvalue weighted by Gasteiger charge is 2.18. The first kappa shape index (κ1) is 13.5. The fourth-order valence-electron chi connectivity index (χ4n) is 1.25. The lowest BCUT2D eigenvalue weighted by Crippen LogP contribution is -2.19. The van der Waals surface area contributed by atoms with Crippen LogP contribution in [-0.4, -0.2) is 28.3 Å². The van der Waals surface area contributed by atoms with Crippen LogP contribution in [0.5, 0.6) is 0 Å². The van der Waals surface area contributed by atoms with E-state index in [9.17, 15) is 9.59 Å². The molecule has 1 aromatic rings. The van der Waals surface area contributed by atoms with Gasteiger partial charge >= 0.3 is 11.7 Å². The average Bonchev–Trinajstić information content (AvgIpc) is 2.25. The van der Waals surface area contributed by atoms with Gasteiger partial charge in [0, 0.05) is 11.4 Å². The van der Waals surface area contributed by atoms with Crippen molar-refractivity contribution in [2.75, 3.05) is 12.4 Å². The van der Waals surface area contributed by atoms with Gasteiger partial charge in [-0.2, -0.15) is 4.98 Å². The van der Waals surface area contributed by atoms with Crippen LogP contribution in [0.1, 0.15) is 23.0 Å². The van der Waals surface area contributed by atoms with Gasteiger partial charge in [0.2, 0.25) is 0 Å². The van der Waals surface area contributed by atoms with Gasteiger partial charge in [-0.25, -0.2) is 9.59 Å². The molecule has 0 aliphatic heterocycles. The molecule has 1 N–H and O–H groups in total. The number of nitrogens with one attached hydrogen (secondary N) is 1. The number of ether oxygens (including phenoxy) is 1. The van der Waals surface area contributed by atoms with E-state index in [-0.39, 0.29) is 6.61 Å². The molecule has 0 spiro atoms. The van der Waals surface area contributed by atoms with Gasteiger partial charge in [0.25, 0.3) is 0 Å². The Morgan fingerprint density at radius 1 is 1.65 bits per heavy atom. The standard InChI is InChI=1S/C11H14N2O3S/c1-4-6-17-9-8(10(14)16-5-2)7(3)12-11(15)13-9/h4H,1,5-6H2,2-3H3,(H,12,13,15). The summed E-state index contributed by atoms with van der Waals surface area (Å²) < 4.78 is 4.93. The lowest BCUT2D eigenvalue weighted by molar-refractivity contribution is 0.0519. The minimum atomic E-state index is -0.472. The summed E-state index contributed by atoms with van der Waals surface area (Å²) in [6.45, 7) is 7.23. The molecule has 0 aromatic carbocycles. The van der Waals surface area contributed by atoms with Crippen LogP contribution in [-0.2, 0) is 4.74 Å². The van der Waals surface area contributed by atoms with Crippen LogP contribution < -0.4 is 5.69 Å². The molecular weight excluding hydrogens is 240 g/mol. The number of H-pyrrole nitrogens is 1. The van der Waals surface area contributed by atoms with E-state index in [0.29, 0.717) is 22.0 Å². The third-order valence-electron chi connectivity index (χ3n) is 1.90. The molecule has 0 saturated heterocycles. The summed E-state index contributed by atoms with van der Waals surface area (Å²) in [5, 5.41) is 0.379. The van der Waals surface area contributed by atoms with E-state index in [1.807, 2.05) is 0 Å². The van der Waals surface area contributed by atoms with E-state index in [1.54, 1.807) is 19.9 Å². The molecule has 6 heteroatoms. The van der Waals surface area contributed by atoms with Gasteiger partial charge < -0.3 is 9.72 Å². The Morgan fingerprint density at radius 3 is 2.94 bits per heavy atom. The van der Waals surface area contributed by atoms with Crippen molar-refractivity contribution in [2.24, 2.45) is 0 Å². The fraction of sp³-hybridized carbons (Fsp3) is 0.364. The van der Waals surface area contributed by atoms with E-state index in [4.69, 9.17) is 4.74 Å². The summed E-state index contributed by atoms with van der Waals surface area (Å²) in [5.74, 6) is 0.0998. The summed E-state index contributed by atoms with van der Waals surface area (Å²) in [5.41, 5.74) is 0.315. The maximum atomic E-state index is 11.7. The van der Waals surface area contributed by atoms with Gasteiger partial charge in [0.1, 0.15) is 10.6 Å². The summed E-state index contributed by atoms with van der Waals surface area (Å²) in [6, 6.07) is 0. The van der Waals surface area contributed by atoms with Crippen molar-refractivity contribution >= 4 is 17.7 Å². The molecule has 0 aliphatic carbocycles. The maximum absolute atomic E-state index is 11.7. The summed E-state index contributed by atoms with van der Waals surface area (Å²) in [7, 11) is 0. The minimum absolute atomic E-state index is 0.281. The number of carbonyl (C=O) groups is 1. The van der Waals surface area contributed by atoms with Gasteiger partial charge in [-0.05, 0) is 13.8 Å². The number of carbonyl (C=O) groups excluding carboxylic acids is 1. The molecule has 0 saturated carbocycles. The van der Waals surface area contributed by atoms with Gasteiger partial charge in [-0.1, -0.05) is 6.08 Å². The van der Waals surface area contributed by atoms with Crippen LogP contribution in [0.3, 0.4) is 0 Å². The average molecular weight is 254 g/mol. The van der Waals surface area contributed by atoms with Crippen molar-refractivity contribution in [1.29, 1.82) is 0 Å². The van der Waals surface area contributed by atoms with Crippen LogP contribution in [0.15, 0.2) is 22.5 Å². The van der Waals surface area contributed by atoms with Crippen molar-refractivity contribution in [3.63, 3.8) is 0 Å². The van der Waals surface area contributed by atoms with E-state index in [2.05, 4.69) is 16.5 Å². The van der Waals surface area contributed by atoms with Crippen molar-refractivity contribution in [1.82, 2.24) is 9.97 Å². The number of rotatable bonds is 5. The lowest BCUT2D eigenvalue weighted by Gasteiger charge is -2.08. The van der Waals surface area contributed by atoms with E-state index in [0.717, 1.165) is 0 Å². The topological polar surface area (TPSA) is 72.0 Å². The second-order valence-corrected chi connectivity index (χ2v) is 4.18. The zero-order chi connectivity index (χ0) is 12.8. The zero-order valence-corrected chi connectivity index (χ0v) is 10.6. The first-order valence-electron chi connectivity index (χ1n) is 5.11. The lowest BCUT2D eigenvalue weighted by atomic mass is 10.2. The van der Waals surface area contributed by atoms with Gasteiger partial charge in [0.05, 0.1) is 6.61 Å². The molecule has 17 heavy (non-hydrogen) atoms. The molecule has 1 aromatic heterocycles. The Labute approximate surface area is 103 Å². The molecule has 0 amide bonds. The van der Waals surface area contributed by atoms with Gasteiger partial charge in [-0.3, -0.25) is 0 Å². The SMILES string of the molecule is C=CCSc1nc(=O)[nH]c(C)c1C(=O)OCC. The van der Waals surface area contributed by atoms with Crippen molar-refractivity contribution in [3.8, 4) is 0 Å². The Bertz CT molecular complexity index is 482. The zero-order valence-electron chi connectivity index (χ0n) is 9.78. The molecule has 0 radical (unpaired) electrons. The van der Waals surface area contributed by atoms with Crippen LogP contribution in [0.25, 0.3) is 0 Å². The molecule has 92 valence electrons. The number of hydrogen-bond acceptors (Lipinski definition) is 5. The number of hydrogen-bond donors (Lipinski definition) is 1. The Hall–Kier alpha value is -1.56. The van der Waals surface area contributed by atoms with Crippen molar-refractivity contribution < 1.29 is 9.53 Å². The third-order valence-corrected chi connectivity index (χ3v) is 2.88. The molecule has 5 nitrogen and oxygen atoms in total. The van der Waals surface area contributed by atoms with Crippen LogP contribution >= 0.6 is 11.8 Å². The normalized spacial score (nSPS) is 10.0. The predicted molar refractivity (Wildman–Crippen MR) is 66.5 cm³/mol. The quantitative estimate of drug-likeness (QED) is 0.373. The monoisotopic (exact) mass is 254 g/mol. The number of thioether (sulfide) groups is 1. The summed E-state index contributed by atoms with van der Waals surface area (Å²) >= 11 is 1.28. The molecule has 0 aliphatic rings. The number of esters is 1. The Morgan fingerprint density at radius 2 is 2.35 bits per heavy atom. The summed E-state index contributed by atoms with van der Waals surface area (Å²) in [4.78, 5) is 29.3. The van der Waals surface area contributed by atoms with Gasteiger partial charge in [-0.15, -0.1) is 18.3 Å².